The Balaban J connectivity index is 2.35. The van der Waals surface area contributed by atoms with Gasteiger partial charge >= 0.3 is 0 Å². The van der Waals surface area contributed by atoms with Crippen LogP contribution >= 0.6 is 22.6 Å². The maximum atomic E-state index is 5.46. The van der Waals surface area contributed by atoms with E-state index in [1.165, 1.54) is 6.42 Å². The predicted octanol–water partition coefficient (Wildman–Crippen LogP) is 2.23. The average molecular weight is 240 g/mol. The minimum atomic E-state index is 0.489. The van der Waals surface area contributed by atoms with Gasteiger partial charge in [-0.2, -0.15) is 0 Å². The number of alkyl halides is 1. The lowest BCUT2D eigenvalue weighted by molar-refractivity contribution is 0.00657. The molecule has 0 aromatic rings. The van der Waals surface area contributed by atoms with Crippen LogP contribution < -0.4 is 0 Å². The summed E-state index contributed by atoms with van der Waals surface area (Å²) in [5.41, 5.74) is 0. The molecule has 1 aliphatic heterocycles. The fraction of sp³-hybridized carbons (Fsp3) is 1.00. The highest BCUT2D eigenvalue weighted by Crippen LogP contribution is 2.25. The lowest BCUT2D eigenvalue weighted by Crippen LogP contribution is -2.30. The smallest absolute Gasteiger partial charge is 0.0557 e. The summed E-state index contributed by atoms with van der Waals surface area (Å²) in [6.45, 7) is 5.36. The Hall–Kier alpha value is 0.690. The molecule has 0 saturated carbocycles. The molecule has 0 N–H and O–H groups in total. The van der Waals surface area contributed by atoms with Gasteiger partial charge in [0, 0.05) is 3.92 Å². The molecule has 0 aromatic carbocycles. The van der Waals surface area contributed by atoms with Gasteiger partial charge in [-0.1, -0.05) is 29.5 Å². The number of ether oxygens (including phenoxy) is 1. The number of hydrogen-bond donors (Lipinski definition) is 0. The fourth-order valence-corrected chi connectivity index (χ4v) is 1.96. The van der Waals surface area contributed by atoms with Crippen LogP contribution in [-0.2, 0) is 4.74 Å². The maximum absolute atomic E-state index is 5.46. The summed E-state index contributed by atoms with van der Waals surface area (Å²) in [5.74, 6) is 0.752. The van der Waals surface area contributed by atoms with Crippen LogP contribution in [0.1, 0.15) is 20.3 Å². The Morgan fingerprint density at radius 2 is 2.11 bits per heavy atom. The van der Waals surface area contributed by atoms with E-state index in [4.69, 9.17) is 4.74 Å². The largest absolute Gasteiger partial charge is 0.378 e. The topological polar surface area (TPSA) is 9.23 Å². The zero-order chi connectivity index (χ0) is 6.85. The average Bonchev–Trinajstić information content (AvgIpc) is 1.80. The molecule has 0 radical (unpaired) electrons. The highest BCUT2D eigenvalue weighted by atomic mass is 127. The summed E-state index contributed by atoms with van der Waals surface area (Å²) in [4.78, 5) is 0. The molecule has 2 heteroatoms. The Morgan fingerprint density at radius 3 is 2.56 bits per heavy atom. The Morgan fingerprint density at radius 1 is 1.44 bits per heavy atom. The molecular weight excluding hydrogens is 227 g/mol. The molecule has 1 saturated heterocycles. The van der Waals surface area contributed by atoms with E-state index in [1.54, 1.807) is 0 Å². The van der Waals surface area contributed by atoms with Gasteiger partial charge in [0.2, 0.25) is 0 Å². The van der Waals surface area contributed by atoms with E-state index >= 15 is 0 Å². The molecular formula is C7H13IO. The predicted molar refractivity (Wildman–Crippen MR) is 47.0 cm³/mol. The van der Waals surface area contributed by atoms with Gasteiger partial charge in [0.1, 0.15) is 0 Å². The molecule has 3 unspecified atom stereocenters. The summed E-state index contributed by atoms with van der Waals surface area (Å²) in [5, 5.41) is 0. The first-order valence-corrected chi connectivity index (χ1v) is 4.70. The quantitative estimate of drug-likeness (QED) is 0.466. The Bertz CT molecular complexity index is 94.9. The van der Waals surface area contributed by atoms with Crippen LogP contribution in [0.3, 0.4) is 0 Å². The molecule has 1 nitrogen and oxygen atoms in total. The van der Waals surface area contributed by atoms with Crippen LogP contribution in [0.25, 0.3) is 0 Å². The molecule has 0 bridgehead atoms. The maximum Gasteiger partial charge on any atom is 0.0557 e. The first kappa shape index (κ1) is 7.79. The molecule has 1 heterocycles. The second kappa shape index (κ2) is 3.19. The van der Waals surface area contributed by atoms with Crippen LogP contribution in [0, 0.1) is 5.92 Å². The van der Waals surface area contributed by atoms with Crippen molar-refractivity contribution in [2.45, 2.75) is 30.3 Å². The SMILES string of the molecule is CC1CC(I)C(C)CO1. The number of rotatable bonds is 0. The molecule has 1 rings (SSSR count). The van der Waals surface area contributed by atoms with Gasteiger partial charge in [0.25, 0.3) is 0 Å². The second-order valence-corrected chi connectivity index (χ2v) is 4.47. The van der Waals surface area contributed by atoms with E-state index < -0.39 is 0 Å². The third-order valence-electron chi connectivity index (χ3n) is 1.82. The molecule has 0 spiro atoms. The van der Waals surface area contributed by atoms with Crippen LogP contribution in [0.4, 0.5) is 0 Å². The molecule has 54 valence electrons. The molecule has 9 heavy (non-hydrogen) atoms. The fourth-order valence-electron chi connectivity index (χ4n) is 1.04. The monoisotopic (exact) mass is 240 g/mol. The van der Waals surface area contributed by atoms with Gasteiger partial charge in [-0.3, -0.25) is 0 Å². The zero-order valence-electron chi connectivity index (χ0n) is 5.93. The van der Waals surface area contributed by atoms with Crippen molar-refractivity contribution in [1.29, 1.82) is 0 Å². The van der Waals surface area contributed by atoms with E-state index in [9.17, 15) is 0 Å². The van der Waals surface area contributed by atoms with Gasteiger partial charge in [-0.05, 0) is 19.3 Å². The second-order valence-electron chi connectivity index (χ2n) is 2.87. The van der Waals surface area contributed by atoms with Gasteiger partial charge in [-0.15, -0.1) is 0 Å². The van der Waals surface area contributed by atoms with E-state index in [-0.39, 0.29) is 0 Å². The number of hydrogen-bond acceptors (Lipinski definition) is 1. The van der Waals surface area contributed by atoms with Gasteiger partial charge < -0.3 is 4.74 Å². The van der Waals surface area contributed by atoms with Crippen LogP contribution in [0.15, 0.2) is 0 Å². The van der Waals surface area contributed by atoms with Gasteiger partial charge in [0.05, 0.1) is 12.7 Å². The normalized spacial score (nSPS) is 45.0. The molecule has 0 aliphatic carbocycles. The first-order valence-electron chi connectivity index (χ1n) is 3.46. The lowest BCUT2D eigenvalue weighted by Gasteiger charge is -2.28. The zero-order valence-corrected chi connectivity index (χ0v) is 8.09. The summed E-state index contributed by atoms with van der Waals surface area (Å²) in [7, 11) is 0. The van der Waals surface area contributed by atoms with Crippen molar-refractivity contribution in [3.8, 4) is 0 Å². The summed E-state index contributed by atoms with van der Waals surface area (Å²) >= 11 is 2.52. The van der Waals surface area contributed by atoms with E-state index in [2.05, 4.69) is 36.4 Å². The summed E-state index contributed by atoms with van der Waals surface area (Å²) in [6, 6.07) is 0. The molecule has 1 aliphatic rings. The molecule has 0 amide bonds. The van der Waals surface area contributed by atoms with E-state index in [0.29, 0.717) is 6.10 Å². The van der Waals surface area contributed by atoms with E-state index in [0.717, 1.165) is 16.4 Å². The molecule has 3 atom stereocenters. The van der Waals surface area contributed by atoms with Crippen molar-refractivity contribution in [3.63, 3.8) is 0 Å². The van der Waals surface area contributed by atoms with Crippen LogP contribution in [0.2, 0.25) is 0 Å². The van der Waals surface area contributed by atoms with Gasteiger partial charge in [-0.25, -0.2) is 0 Å². The Labute approximate surface area is 70.3 Å². The van der Waals surface area contributed by atoms with Crippen molar-refractivity contribution in [2.24, 2.45) is 5.92 Å². The highest BCUT2D eigenvalue weighted by molar-refractivity contribution is 14.1. The summed E-state index contributed by atoms with van der Waals surface area (Å²) in [6.07, 6.45) is 1.71. The number of halogens is 1. The third kappa shape index (κ3) is 2.08. The minimum Gasteiger partial charge on any atom is -0.378 e. The third-order valence-corrected chi connectivity index (χ3v) is 3.55. The van der Waals surface area contributed by atoms with Crippen molar-refractivity contribution >= 4 is 22.6 Å². The van der Waals surface area contributed by atoms with Crippen molar-refractivity contribution in [1.82, 2.24) is 0 Å². The van der Waals surface area contributed by atoms with Crippen molar-refractivity contribution < 1.29 is 4.74 Å². The van der Waals surface area contributed by atoms with E-state index in [1.807, 2.05) is 0 Å². The van der Waals surface area contributed by atoms with Crippen molar-refractivity contribution in [3.05, 3.63) is 0 Å². The van der Waals surface area contributed by atoms with Gasteiger partial charge in [0.15, 0.2) is 0 Å². The first-order chi connectivity index (χ1) is 4.20. The summed E-state index contributed by atoms with van der Waals surface area (Å²) < 4.78 is 6.28. The highest BCUT2D eigenvalue weighted by Gasteiger charge is 2.22. The standard InChI is InChI=1S/C7H13IO/c1-5-4-9-6(2)3-7(5)8/h5-7H,3-4H2,1-2H3. The Kier molecular flexibility index (Phi) is 2.76. The molecule has 1 fully saturated rings. The van der Waals surface area contributed by atoms with Crippen LogP contribution in [-0.4, -0.2) is 16.6 Å². The lowest BCUT2D eigenvalue weighted by atomic mass is 10.0. The minimum absolute atomic E-state index is 0.489. The van der Waals surface area contributed by atoms with Crippen molar-refractivity contribution in [2.75, 3.05) is 6.61 Å². The molecule has 0 aromatic heterocycles. The van der Waals surface area contributed by atoms with Crippen LogP contribution in [0.5, 0.6) is 0 Å².